The highest BCUT2D eigenvalue weighted by Crippen LogP contribution is 2.32. The average Bonchev–Trinajstić information content (AvgIpc) is 3.76. The number of hydrogen-bond acceptors (Lipinski definition) is 3. The van der Waals surface area contributed by atoms with Gasteiger partial charge in [-0.2, -0.15) is 15.3 Å². The molecule has 0 spiro atoms. The van der Waals surface area contributed by atoms with E-state index in [1.54, 1.807) is 6.20 Å². The molecule has 0 saturated heterocycles. The van der Waals surface area contributed by atoms with Crippen molar-refractivity contribution in [1.29, 1.82) is 0 Å². The standard InChI is InChI=1S/2C11H11BrN2.C7H5BrN2/c12-10-3-4-11-9(5-10)6-13-14(11)7-8-1-2-8;12-10-3-4-11-9(5-10)7-14(13-11)6-8-1-2-8;8-6-1-2-7-5(3-6)4-9-10-7/h3-6,8H,1-2,7H2;3-5,7-8H,1-2,6H2;1-4H,(H,9,10). The molecule has 6 aromatic rings. The highest BCUT2D eigenvalue weighted by atomic mass is 79.9. The minimum atomic E-state index is 0.877. The number of aromatic nitrogens is 6. The zero-order valence-electron chi connectivity index (χ0n) is 20.7. The van der Waals surface area contributed by atoms with Crippen LogP contribution in [0.25, 0.3) is 32.7 Å². The van der Waals surface area contributed by atoms with Crippen molar-refractivity contribution < 1.29 is 0 Å². The fourth-order valence-electron chi connectivity index (χ4n) is 4.37. The Morgan fingerprint density at radius 2 is 1.39 bits per heavy atom. The zero-order valence-corrected chi connectivity index (χ0v) is 25.5. The molecule has 1 N–H and O–H groups in total. The number of H-pyrrole nitrogens is 1. The maximum atomic E-state index is 4.53. The summed E-state index contributed by atoms with van der Waals surface area (Å²) in [4.78, 5) is 0. The second kappa shape index (κ2) is 11.3. The first-order valence-electron chi connectivity index (χ1n) is 12.8. The van der Waals surface area contributed by atoms with Crippen LogP contribution in [0, 0.1) is 11.8 Å². The Kier molecular flexibility index (Phi) is 7.68. The lowest BCUT2D eigenvalue weighted by atomic mass is 10.2. The predicted molar refractivity (Wildman–Crippen MR) is 164 cm³/mol. The summed E-state index contributed by atoms with van der Waals surface area (Å²) in [6, 6.07) is 18.5. The van der Waals surface area contributed by atoms with E-state index < -0.39 is 0 Å². The first-order chi connectivity index (χ1) is 18.5. The fourth-order valence-corrected chi connectivity index (χ4v) is 5.50. The number of halogens is 3. The Morgan fingerprint density at radius 1 is 0.737 bits per heavy atom. The summed E-state index contributed by atoms with van der Waals surface area (Å²) in [5, 5.41) is 19.3. The van der Waals surface area contributed by atoms with E-state index in [-0.39, 0.29) is 0 Å². The number of hydrogen-bond donors (Lipinski definition) is 1. The van der Waals surface area contributed by atoms with E-state index in [2.05, 4.69) is 114 Å². The summed E-state index contributed by atoms with van der Waals surface area (Å²) in [7, 11) is 0. The summed E-state index contributed by atoms with van der Waals surface area (Å²) >= 11 is 10.3. The van der Waals surface area contributed by atoms with Crippen LogP contribution in [0.1, 0.15) is 25.7 Å². The van der Waals surface area contributed by atoms with Crippen LogP contribution >= 0.6 is 47.8 Å². The number of fused-ring (bicyclic) bond motifs is 3. The quantitative estimate of drug-likeness (QED) is 0.200. The predicted octanol–water partition coefficient (Wildman–Crippen LogP) is 8.74. The van der Waals surface area contributed by atoms with Gasteiger partial charge in [0, 0.05) is 48.9 Å². The first-order valence-corrected chi connectivity index (χ1v) is 15.2. The van der Waals surface area contributed by atoms with Gasteiger partial charge in [-0.3, -0.25) is 14.5 Å². The first kappa shape index (κ1) is 25.8. The molecule has 2 aliphatic rings. The molecule has 38 heavy (non-hydrogen) atoms. The smallest absolute Gasteiger partial charge is 0.0924 e. The number of nitrogens with one attached hydrogen (secondary N) is 1. The summed E-state index contributed by atoms with van der Waals surface area (Å²) in [6.07, 6.45) is 11.4. The zero-order chi connectivity index (χ0) is 26.1. The largest absolute Gasteiger partial charge is 0.278 e. The summed E-state index contributed by atoms with van der Waals surface area (Å²) < 4.78 is 7.53. The lowest BCUT2D eigenvalue weighted by molar-refractivity contribution is 0.568. The molecule has 2 saturated carbocycles. The second-order valence-electron chi connectivity index (χ2n) is 10.1. The molecule has 0 atom stereocenters. The van der Waals surface area contributed by atoms with Crippen LogP contribution < -0.4 is 0 Å². The Bertz CT molecular complexity index is 1680. The third-order valence-electron chi connectivity index (χ3n) is 6.79. The molecule has 6 nitrogen and oxygen atoms in total. The van der Waals surface area contributed by atoms with Crippen molar-refractivity contribution in [1.82, 2.24) is 29.8 Å². The van der Waals surface area contributed by atoms with E-state index >= 15 is 0 Å². The van der Waals surface area contributed by atoms with Crippen LogP contribution in [0.5, 0.6) is 0 Å². The SMILES string of the molecule is Brc1ccc2[nH]ncc2c1.Brc1ccc2c(cnn2CC2CC2)c1.Brc1ccc2nn(CC3CC3)cc2c1. The van der Waals surface area contributed by atoms with Crippen molar-refractivity contribution >= 4 is 80.5 Å². The van der Waals surface area contributed by atoms with Crippen molar-refractivity contribution in [3.63, 3.8) is 0 Å². The fraction of sp³-hybridized carbons (Fsp3) is 0.276. The minimum Gasteiger partial charge on any atom is -0.278 e. The van der Waals surface area contributed by atoms with Crippen LogP contribution in [0.2, 0.25) is 0 Å². The number of benzene rings is 3. The van der Waals surface area contributed by atoms with Gasteiger partial charge in [0.15, 0.2) is 0 Å². The molecule has 3 aromatic heterocycles. The van der Waals surface area contributed by atoms with Gasteiger partial charge in [-0.25, -0.2) is 0 Å². The number of nitrogens with zero attached hydrogens (tertiary/aromatic N) is 5. The molecule has 0 aliphatic heterocycles. The Labute approximate surface area is 246 Å². The van der Waals surface area contributed by atoms with Crippen molar-refractivity contribution in [2.75, 3.05) is 0 Å². The van der Waals surface area contributed by atoms with Gasteiger partial charge in [0.2, 0.25) is 0 Å². The maximum Gasteiger partial charge on any atom is 0.0924 e. The van der Waals surface area contributed by atoms with Gasteiger partial charge >= 0.3 is 0 Å². The van der Waals surface area contributed by atoms with Crippen molar-refractivity contribution in [3.05, 3.63) is 86.6 Å². The normalized spacial score (nSPS) is 14.8. The van der Waals surface area contributed by atoms with Gasteiger partial charge in [-0.05, 0) is 92.1 Å². The topological polar surface area (TPSA) is 64.3 Å². The molecule has 2 fully saturated rings. The third kappa shape index (κ3) is 6.55. The lowest BCUT2D eigenvalue weighted by Crippen LogP contribution is -2.00. The van der Waals surface area contributed by atoms with E-state index in [1.165, 1.54) is 42.0 Å². The number of aromatic amines is 1. The molecule has 3 aromatic carbocycles. The van der Waals surface area contributed by atoms with Gasteiger partial charge in [0.25, 0.3) is 0 Å². The summed E-state index contributed by atoms with van der Waals surface area (Å²) in [6.45, 7) is 2.18. The minimum absolute atomic E-state index is 0.877. The molecule has 8 rings (SSSR count). The van der Waals surface area contributed by atoms with Gasteiger partial charge in [-0.15, -0.1) is 0 Å². The van der Waals surface area contributed by atoms with Crippen molar-refractivity contribution in [3.8, 4) is 0 Å². The Hall–Kier alpha value is -2.49. The average molecular weight is 699 g/mol. The molecule has 0 amide bonds. The number of rotatable bonds is 4. The van der Waals surface area contributed by atoms with Gasteiger partial charge in [0.05, 0.1) is 28.9 Å². The molecule has 0 radical (unpaired) electrons. The van der Waals surface area contributed by atoms with Crippen LogP contribution in [0.4, 0.5) is 0 Å². The van der Waals surface area contributed by atoms with E-state index in [1.807, 2.05) is 30.5 Å². The lowest BCUT2D eigenvalue weighted by Gasteiger charge is -2.01. The maximum absolute atomic E-state index is 4.53. The van der Waals surface area contributed by atoms with Gasteiger partial charge in [-0.1, -0.05) is 47.8 Å². The third-order valence-corrected chi connectivity index (χ3v) is 8.27. The summed E-state index contributed by atoms with van der Waals surface area (Å²) in [5.41, 5.74) is 3.41. The van der Waals surface area contributed by atoms with Crippen LogP contribution in [-0.4, -0.2) is 29.8 Å². The highest BCUT2D eigenvalue weighted by Gasteiger charge is 2.23. The highest BCUT2D eigenvalue weighted by molar-refractivity contribution is 9.11. The molecule has 0 unspecified atom stereocenters. The molecular weight excluding hydrogens is 672 g/mol. The molecule has 2 aliphatic carbocycles. The van der Waals surface area contributed by atoms with Gasteiger partial charge < -0.3 is 0 Å². The molecule has 9 heteroatoms. The molecular formula is C29H27Br3N6. The van der Waals surface area contributed by atoms with E-state index in [9.17, 15) is 0 Å². The molecule has 0 bridgehead atoms. The van der Waals surface area contributed by atoms with Crippen molar-refractivity contribution in [2.45, 2.75) is 38.8 Å². The van der Waals surface area contributed by atoms with E-state index in [0.29, 0.717) is 0 Å². The second-order valence-corrected chi connectivity index (χ2v) is 12.8. The van der Waals surface area contributed by atoms with Crippen LogP contribution in [0.3, 0.4) is 0 Å². The van der Waals surface area contributed by atoms with E-state index in [4.69, 9.17) is 0 Å². The van der Waals surface area contributed by atoms with Crippen molar-refractivity contribution in [2.24, 2.45) is 11.8 Å². The van der Waals surface area contributed by atoms with E-state index in [0.717, 1.165) is 54.8 Å². The molecule has 194 valence electrons. The Morgan fingerprint density at radius 3 is 2.16 bits per heavy atom. The van der Waals surface area contributed by atoms with Crippen LogP contribution in [-0.2, 0) is 13.1 Å². The Balaban J connectivity index is 0.000000106. The van der Waals surface area contributed by atoms with Gasteiger partial charge in [0.1, 0.15) is 0 Å². The monoisotopic (exact) mass is 696 g/mol. The summed E-state index contributed by atoms with van der Waals surface area (Å²) in [5.74, 6) is 1.76. The van der Waals surface area contributed by atoms with Crippen LogP contribution in [0.15, 0.2) is 86.6 Å². The molecule has 3 heterocycles.